The molecule has 2 rings (SSSR count). The zero-order chi connectivity index (χ0) is 9.86. The fourth-order valence-corrected chi connectivity index (χ4v) is 2.87. The fourth-order valence-electron chi connectivity index (χ4n) is 1.92. The molecular weight excluding hydrogens is 192 g/mol. The van der Waals surface area contributed by atoms with Crippen molar-refractivity contribution in [2.45, 2.75) is 18.3 Å². The molecular formula is C12H14OS. The number of thiophene rings is 1. The molecule has 0 amide bonds. The van der Waals surface area contributed by atoms with Crippen molar-refractivity contribution < 1.29 is 5.11 Å². The Balaban J connectivity index is 2.31. The molecule has 1 heterocycles. The molecule has 0 saturated carbocycles. The van der Waals surface area contributed by atoms with Crippen LogP contribution >= 0.6 is 11.3 Å². The molecule has 1 aromatic rings. The minimum atomic E-state index is 0.0532. The summed E-state index contributed by atoms with van der Waals surface area (Å²) in [4.78, 5) is 1.35. The van der Waals surface area contributed by atoms with Gasteiger partial charge in [0.15, 0.2) is 0 Å². The van der Waals surface area contributed by atoms with E-state index in [1.807, 2.05) is 0 Å². The first-order chi connectivity index (χ1) is 6.87. The Kier molecular flexibility index (Phi) is 2.85. The van der Waals surface area contributed by atoms with Crippen LogP contribution in [0.2, 0.25) is 0 Å². The second-order valence-electron chi connectivity index (χ2n) is 3.60. The van der Waals surface area contributed by atoms with Crippen LogP contribution in [0.3, 0.4) is 0 Å². The van der Waals surface area contributed by atoms with Crippen molar-refractivity contribution in [2.24, 2.45) is 0 Å². The van der Waals surface area contributed by atoms with Crippen molar-refractivity contribution in [2.75, 3.05) is 6.61 Å². The molecule has 0 fully saturated rings. The van der Waals surface area contributed by atoms with Crippen molar-refractivity contribution in [3.63, 3.8) is 0 Å². The highest BCUT2D eigenvalue weighted by Gasteiger charge is 2.29. The first-order valence-electron chi connectivity index (χ1n) is 4.87. The second kappa shape index (κ2) is 4.11. The van der Waals surface area contributed by atoms with Gasteiger partial charge in [-0.15, -0.1) is 11.3 Å². The second-order valence-corrected chi connectivity index (χ2v) is 4.55. The van der Waals surface area contributed by atoms with Crippen LogP contribution in [0.5, 0.6) is 0 Å². The molecule has 0 spiro atoms. The van der Waals surface area contributed by atoms with Crippen molar-refractivity contribution in [1.29, 1.82) is 0 Å². The zero-order valence-electron chi connectivity index (χ0n) is 8.02. The maximum atomic E-state index is 9.13. The molecule has 1 aliphatic rings. The number of allylic oxidation sites excluding steroid dienone is 4. The fraction of sp³-hybridized carbons (Fsp3) is 0.333. The number of aliphatic hydroxyl groups is 1. The highest BCUT2D eigenvalue weighted by atomic mass is 32.1. The van der Waals surface area contributed by atoms with Gasteiger partial charge in [0.2, 0.25) is 0 Å². The van der Waals surface area contributed by atoms with Crippen LogP contribution in [0.25, 0.3) is 0 Å². The van der Waals surface area contributed by atoms with Gasteiger partial charge in [-0.1, -0.05) is 30.4 Å². The van der Waals surface area contributed by atoms with E-state index in [2.05, 4.69) is 41.8 Å². The lowest BCUT2D eigenvalue weighted by molar-refractivity contribution is 0.257. The minimum Gasteiger partial charge on any atom is -0.396 e. The van der Waals surface area contributed by atoms with Crippen molar-refractivity contribution in [3.8, 4) is 0 Å². The Hall–Kier alpha value is -0.860. The summed E-state index contributed by atoms with van der Waals surface area (Å²) in [5.41, 5.74) is 0.0532. The van der Waals surface area contributed by atoms with Gasteiger partial charge in [-0.2, -0.15) is 0 Å². The standard InChI is InChI=1S/C12H14OS/c13-9-8-12(6-2-1-3-7-12)11-5-4-10-14-11/h1-6,10,13H,7-9H2. The Morgan fingerprint density at radius 1 is 1.43 bits per heavy atom. The summed E-state index contributed by atoms with van der Waals surface area (Å²) in [5.74, 6) is 0. The molecule has 0 aromatic carbocycles. The van der Waals surface area contributed by atoms with Gasteiger partial charge in [-0.05, 0) is 24.3 Å². The van der Waals surface area contributed by atoms with Gasteiger partial charge in [0.05, 0.1) is 0 Å². The summed E-state index contributed by atoms with van der Waals surface area (Å²) in [6.45, 7) is 0.246. The summed E-state index contributed by atoms with van der Waals surface area (Å²) < 4.78 is 0. The van der Waals surface area contributed by atoms with Crippen molar-refractivity contribution in [1.82, 2.24) is 0 Å². The number of hydrogen-bond donors (Lipinski definition) is 1. The molecule has 1 atom stereocenters. The molecule has 1 aliphatic carbocycles. The van der Waals surface area contributed by atoms with Crippen LogP contribution in [0.15, 0.2) is 41.8 Å². The lowest BCUT2D eigenvalue weighted by Gasteiger charge is -2.29. The van der Waals surface area contributed by atoms with Crippen LogP contribution in [0, 0.1) is 0 Å². The van der Waals surface area contributed by atoms with E-state index in [1.54, 1.807) is 11.3 Å². The number of aliphatic hydroxyl groups excluding tert-OH is 1. The summed E-state index contributed by atoms with van der Waals surface area (Å²) in [7, 11) is 0. The molecule has 1 nitrogen and oxygen atoms in total. The SMILES string of the molecule is OCCC1(c2cccs2)C=CC=CC1. The third kappa shape index (κ3) is 1.68. The summed E-state index contributed by atoms with van der Waals surface area (Å²) in [6.07, 6.45) is 10.4. The molecule has 0 saturated heterocycles. The molecule has 1 N–H and O–H groups in total. The highest BCUT2D eigenvalue weighted by molar-refractivity contribution is 7.10. The van der Waals surface area contributed by atoms with E-state index in [1.165, 1.54) is 4.88 Å². The lowest BCUT2D eigenvalue weighted by atomic mass is 9.77. The van der Waals surface area contributed by atoms with E-state index < -0.39 is 0 Å². The third-order valence-electron chi connectivity index (χ3n) is 2.71. The maximum Gasteiger partial charge on any atom is 0.0442 e. The van der Waals surface area contributed by atoms with E-state index in [4.69, 9.17) is 5.11 Å². The average molecular weight is 206 g/mol. The monoisotopic (exact) mass is 206 g/mol. The first kappa shape index (κ1) is 9.69. The maximum absolute atomic E-state index is 9.13. The van der Waals surface area contributed by atoms with Gasteiger partial charge in [0.1, 0.15) is 0 Å². The highest BCUT2D eigenvalue weighted by Crippen LogP contribution is 2.38. The van der Waals surface area contributed by atoms with E-state index in [-0.39, 0.29) is 12.0 Å². The molecule has 1 aromatic heterocycles. The van der Waals surface area contributed by atoms with Gasteiger partial charge in [0, 0.05) is 16.9 Å². The minimum absolute atomic E-state index is 0.0532. The van der Waals surface area contributed by atoms with Gasteiger partial charge < -0.3 is 5.11 Å². The largest absolute Gasteiger partial charge is 0.396 e. The molecule has 0 radical (unpaired) electrons. The molecule has 0 aliphatic heterocycles. The average Bonchev–Trinajstić information content (AvgIpc) is 2.73. The summed E-state index contributed by atoms with van der Waals surface area (Å²) in [6, 6.07) is 4.23. The zero-order valence-corrected chi connectivity index (χ0v) is 8.83. The van der Waals surface area contributed by atoms with E-state index in [9.17, 15) is 0 Å². The van der Waals surface area contributed by atoms with Gasteiger partial charge in [0.25, 0.3) is 0 Å². The first-order valence-corrected chi connectivity index (χ1v) is 5.75. The Labute approximate surface area is 88.4 Å². The lowest BCUT2D eigenvalue weighted by Crippen LogP contribution is -2.24. The normalized spacial score (nSPS) is 25.5. The van der Waals surface area contributed by atoms with Crippen LogP contribution in [-0.4, -0.2) is 11.7 Å². The van der Waals surface area contributed by atoms with Crippen molar-refractivity contribution in [3.05, 3.63) is 46.7 Å². The molecule has 0 bridgehead atoms. The smallest absolute Gasteiger partial charge is 0.0442 e. The van der Waals surface area contributed by atoms with Gasteiger partial charge in [-0.3, -0.25) is 0 Å². The molecule has 74 valence electrons. The molecule has 14 heavy (non-hydrogen) atoms. The summed E-state index contributed by atoms with van der Waals surface area (Å²) >= 11 is 1.77. The predicted molar refractivity (Wildman–Crippen MR) is 60.6 cm³/mol. The van der Waals surface area contributed by atoms with Crippen LogP contribution < -0.4 is 0 Å². The Bertz CT molecular complexity index is 337. The molecule has 2 heteroatoms. The topological polar surface area (TPSA) is 20.2 Å². The van der Waals surface area contributed by atoms with E-state index in [0.717, 1.165) is 12.8 Å². The quantitative estimate of drug-likeness (QED) is 0.806. The predicted octanol–water partition coefficient (Wildman–Crippen LogP) is 2.88. The summed E-state index contributed by atoms with van der Waals surface area (Å²) in [5, 5.41) is 11.2. The van der Waals surface area contributed by atoms with Crippen molar-refractivity contribution >= 4 is 11.3 Å². The van der Waals surface area contributed by atoms with Crippen LogP contribution in [0.4, 0.5) is 0 Å². The van der Waals surface area contributed by atoms with Crippen LogP contribution in [-0.2, 0) is 5.41 Å². The van der Waals surface area contributed by atoms with Crippen LogP contribution in [0.1, 0.15) is 17.7 Å². The Morgan fingerprint density at radius 2 is 2.36 bits per heavy atom. The van der Waals surface area contributed by atoms with E-state index >= 15 is 0 Å². The third-order valence-corrected chi connectivity index (χ3v) is 3.80. The van der Waals surface area contributed by atoms with Gasteiger partial charge >= 0.3 is 0 Å². The van der Waals surface area contributed by atoms with Gasteiger partial charge in [-0.25, -0.2) is 0 Å². The number of rotatable bonds is 3. The van der Waals surface area contributed by atoms with E-state index in [0.29, 0.717) is 0 Å². The Morgan fingerprint density at radius 3 is 2.93 bits per heavy atom. The molecule has 1 unspecified atom stereocenters. The number of hydrogen-bond acceptors (Lipinski definition) is 2.